The van der Waals surface area contributed by atoms with Crippen LogP contribution in [-0.4, -0.2) is 0 Å². The van der Waals surface area contributed by atoms with Gasteiger partial charge in [0.1, 0.15) is 0 Å². The van der Waals surface area contributed by atoms with Gasteiger partial charge in [-0.15, -0.1) is 0 Å². The number of furan rings is 2. The lowest BCUT2D eigenvalue weighted by Gasteiger charge is -2.48. The molecule has 2 atom stereocenters. The van der Waals surface area contributed by atoms with Gasteiger partial charge in [-0.25, -0.2) is 0 Å². The third-order valence-corrected chi connectivity index (χ3v) is 6.67. The van der Waals surface area contributed by atoms with E-state index in [1.165, 1.54) is 27.9 Å². The van der Waals surface area contributed by atoms with Gasteiger partial charge in [0.15, 0.2) is 11.7 Å². The molecule has 1 aromatic carbocycles. The van der Waals surface area contributed by atoms with Gasteiger partial charge in [-0.1, -0.05) is 24.3 Å². The molecule has 3 aliphatic rings. The minimum atomic E-state index is -0.246. The van der Waals surface area contributed by atoms with E-state index in [0.29, 0.717) is 0 Å². The van der Waals surface area contributed by atoms with Crippen molar-refractivity contribution in [3.05, 3.63) is 113 Å². The molecule has 2 bridgehead atoms. The van der Waals surface area contributed by atoms with Crippen molar-refractivity contribution in [1.29, 1.82) is 0 Å². The average molecular weight is 375 g/mol. The molecule has 0 amide bonds. The Morgan fingerprint density at radius 2 is 1.56 bits per heavy atom. The highest BCUT2D eigenvalue weighted by Crippen LogP contribution is 2.59. The lowest BCUT2D eigenvalue weighted by Crippen LogP contribution is -2.60. The largest absolute Gasteiger partial charge is 0.472 e. The summed E-state index contributed by atoms with van der Waals surface area (Å²) in [5.74, 6) is 0.132. The summed E-state index contributed by atoms with van der Waals surface area (Å²) in [4.78, 5) is 0. The Balaban J connectivity index is 1.74. The molecule has 5 heterocycles. The van der Waals surface area contributed by atoms with Crippen molar-refractivity contribution >= 4 is 11.6 Å². The molecule has 0 N–H and O–H groups in total. The molecule has 4 heteroatoms. The second kappa shape index (κ2) is 5.37. The van der Waals surface area contributed by atoms with E-state index in [1.54, 1.807) is 12.5 Å². The van der Waals surface area contributed by atoms with Gasteiger partial charge < -0.3 is 8.83 Å². The fourth-order valence-electron chi connectivity index (χ4n) is 5.36. The van der Waals surface area contributed by atoms with E-state index in [1.807, 2.05) is 24.7 Å². The van der Waals surface area contributed by atoms with Crippen LogP contribution < -0.4 is 4.57 Å². The van der Waals surface area contributed by atoms with Crippen LogP contribution in [0.25, 0.3) is 0 Å². The van der Waals surface area contributed by atoms with Gasteiger partial charge in [-0.05, 0) is 35.4 Å². The molecule has 0 saturated heterocycles. The normalized spacial score (nSPS) is 21.7. The molecule has 132 valence electrons. The van der Waals surface area contributed by atoms with Gasteiger partial charge in [0, 0.05) is 35.2 Å². The topological polar surface area (TPSA) is 30.2 Å². The Morgan fingerprint density at radius 3 is 2.22 bits per heavy atom. The van der Waals surface area contributed by atoms with Crippen LogP contribution in [0, 0.1) is 0 Å². The molecule has 1 aliphatic carbocycles. The highest BCUT2D eigenvalue weighted by Gasteiger charge is 2.60. The van der Waals surface area contributed by atoms with Gasteiger partial charge in [0.25, 0.3) is 5.15 Å². The first-order valence-corrected chi connectivity index (χ1v) is 9.52. The van der Waals surface area contributed by atoms with Crippen molar-refractivity contribution in [2.75, 3.05) is 0 Å². The quantitative estimate of drug-likeness (QED) is 0.355. The molecule has 0 saturated carbocycles. The van der Waals surface area contributed by atoms with E-state index in [-0.39, 0.29) is 17.4 Å². The molecule has 0 radical (unpaired) electrons. The van der Waals surface area contributed by atoms with Crippen molar-refractivity contribution in [3.63, 3.8) is 0 Å². The highest BCUT2D eigenvalue weighted by atomic mass is 35.5. The summed E-state index contributed by atoms with van der Waals surface area (Å²) in [5.41, 5.74) is 6.07. The van der Waals surface area contributed by atoms with Crippen molar-refractivity contribution in [1.82, 2.24) is 0 Å². The van der Waals surface area contributed by atoms with Crippen LogP contribution in [0.4, 0.5) is 0 Å². The number of fused-ring (bicyclic) bond motifs is 1. The third kappa shape index (κ3) is 1.85. The Bertz CT molecular complexity index is 1100. The minimum Gasteiger partial charge on any atom is -0.472 e. The van der Waals surface area contributed by atoms with Gasteiger partial charge in [-0.3, -0.25) is 0 Å². The van der Waals surface area contributed by atoms with Crippen molar-refractivity contribution < 1.29 is 13.4 Å². The van der Waals surface area contributed by atoms with Crippen molar-refractivity contribution in [3.8, 4) is 0 Å². The average Bonchev–Trinajstić information content (AvgIpc) is 3.42. The standard InChI is InChI=1S/C23H17ClNO2/c24-21-7-3-6-19-22-18-5-2-1-4-17(18)20(25(19)21)12-23(22,15-8-10-26-13-15)16-9-11-27-14-16/h1-11,13-14,20,22H,12H2/q+1/t20-,22+/m1/s1. The molecule has 3 aromatic heterocycles. The summed E-state index contributed by atoms with van der Waals surface area (Å²) in [5, 5.41) is 0.782. The van der Waals surface area contributed by atoms with Crippen LogP contribution in [0.5, 0.6) is 0 Å². The first-order valence-electron chi connectivity index (χ1n) is 9.15. The van der Waals surface area contributed by atoms with E-state index >= 15 is 0 Å². The maximum Gasteiger partial charge on any atom is 0.275 e. The van der Waals surface area contributed by atoms with Gasteiger partial charge >= 0.3 is 0 Å². The zero-order chi connectivity index (χ0) is 18.0. The number of benzene rings is 1. The number of pyridine rings is 1. The molecule has 4 aromatic rings. The predicted octanol–water partition coefficient (Wildman–Crippen LogP) is 5.24. The zero-order valence-electron chi connectivity index (χ0n) is 14.5. The maximum atomic E-state index is 6.67. The Hall–Kier alpha value is -2.78. The van der Waals surface area contributed by atoms with E-state index < -0.39 is 0 Å². The summed E-state index contributed by atoms with van der Waals surface area (Å²) in [6.45, 7) is 0. The number of halogens is 1. The summed E-state index contributed by atoms with van der Waals surface area (Å²) in [6, 6.07) is 19.3. The molecule has 0 fully saturated rings. The molecule has 0 unspecified atom stereocenters. The molecule has 3 nitrogen and oxygen atoms in total. The summed E-state index contributed by atoms with van der Waals surface area (Å²) in [6.07, 6.45) is 8.19. The lowest BCUT2D eigenvalue weighted by atomic mass is 9.54. The number of aromatic nitrogens is 1. The molecule has 2 aliphatic heterocycles. The SMILES string of the molecule is Clc1cccc2[n+]1[C@@H]1CC(c3ccoc3)(c3ccoc3)[C@H]2c2ccccc21. The van der Waals surface area contributed by atoms with Crippen LogP contribution in [0.15, 0.2) is 88.5 Å². The van der Waals surface area contributed by atoms with Gasteiger partial charge in [-0.2, -0.15) is 4.57 Å². The van der Waals surface area contributed by atoms with E-state index in [0.717, 1.165) is 11.6 Å². The summed E-state index contributed by atoms with van der Waals surface area (Å²) in [7, 11) is 0. The zero-order valence-corrected chi connectivity index (χ0v) is 15.3. The summed E-state index contributed by atoms with van der Waals surface area (Å²) < 4.78 is 13.4. The second-order valence-electron chi connectivity index (χ2n) is 7.42. The lowest BCUT2D eigenvalue weighted by molar-refractivity contribution is -0.730. The van der Waals surface area contributed by atoms with Gasteiger partial charge in [0.05, 0.1) is 36.4 Å². The van der Waals surface area contributed by atoms with E-state index in [4.69, 9.17) is 20.4 Å². The first kappa shape index (κ1) is 15.3. The molecule has 0 spiro atoms. The van der Waals surface area contributed by atoms with Crippen LogP contribution in [-0.2, 0) is 5.41 Å². The van der Waals surface area contributed by atoms with Crippen molar-refractivity contribution in [2.45, 2.75) is 23.8 Å². The van der Waals surface area contributed by atoms with Crippen LogP contribution in [0.2, 0.25) is 5.15 Å². The smallest absolute Gasteiger partial charge is 0.275 e. The first-order chi connectivity index (χ1) is 13.3. The number of nitrogens with zero attached hydrogens (tertiary/aromatic N) is 1. The van der Waals surface area contributed by atoms with E-state index in [2.05, 4.69) is 47.0 Å². The molecule has 7 rings (SSSR count). The second-order valence-corrected chi connectivity index (χ2v) is 7.81. The van der Waals surface area contributed by atoms with Crippen molar-refractivity contribution in [2.24, 2.45) is 0 Å². The summed E-state index contributed by atoms with van der Waals surface area (Å²) >= 11 is 6.67. The number of hydrogen-bond acceptors (Lipinski definition) is 2. The molecular formula is C23H17ClNO2+. The Labute approximate surface area is 161 Å². The van der Waals surface area contributed by atoms with Crippen LogP contribution in [0.3, 0.4) is 0 Å². The number of rotatable bonds is 2. The maximum absolute atomic E-state index is 6.67. The fraction of sp³-hybridized carbons (Fsp3) is 0.174. The van der Waals surface area contributed by atoms with E-state index in [9.17, 15) is 0 Å². The fourth-order valence-corrected chi connectivity index (χ4v) is 5.65. The van der Waals surface area contributed by atoms with Crippen LogP contribution in [0.1, 0.15) is 46.3 Å². The van der Waals surface area contributed by atoms with Gasteiger partial charge in [0.2, 0.25) is 0 Å². The highest BCUT2D eigenvalue weighted by molar-refractivity contribution is 6.28. The molecule has 27 heavy (non-hydrogen) atoms. The Kier molecular flexibility index (Phi) is 3.04. The Morgan fingerprint density at radius 1 is 0.852 bits per heavy atom. The third-order valence-electron chi connectivity index (χ3n) is 6.36. The van der Waals surface area contributed by atoms with Crippen LogP contribution >= 0.6 is 11.6 Å². The minimum absolute atomic E-state index is 0.132. The molecular weight excluding hydrogens is 358 g/mol. The monoisotopic (exact) mass is 374 g/mol. The predicted molar refractivity (Wildman–Crippen MR) is 101 cm³/mol. The number of hydrogen-bond donors (Lipinski definition) is 0.